The van der Waals surface area contributed by atoms with Crippen LogP contribution in [-0.4, -0.2) is 28.2 Å². The van der Waals surface area contributed by atoms with Gasteiger partial charge in [-0.25, -0.2) is 4.98 Å². The van der Waals surface area contributed by atoms with Crippen molar-refractivity contribution in [3.63, 3.8) is 0 Å². The molecule has 1 aliphatic rings. The molecule has 0 aromatic carbocycles. The van der Waals surface area contributed by atoms with Gasteiger partial charge in [0.05, 0.1) is 0 Å². The number of rotatable bonds is 3. The van der Waals surface area contributed by atoms with Gasteiger partial charge in [0.1, 0.15) is 5.82 Å². The van der Waals surface area contributed by atoms with Crippen molar-refractivity contribution < 1.29 is 10.0 Å². The van der Waals surface area contributed by atoms with Gasteiger partial charge in [-0.3, -0.25) is 0 Å². The lowest BCUT2D eigenvalue weighted by atomic mass is 9.81. The third-order valence-corrected chi connectivity index (χ3v) is 2.79. The molecule has 0 atom stereocenters. The van der Waals surface area contributed by atoms with Gasteiger partial charge in [-0.15, -0.1) is 0 Å². The van der Waals surface area contributed by atoms with Crippen LogP contribution in [0.5, 0.6) is 0 Å². The molecule has 0 unspecified atom stereocenters. The number of hydrogen-bond donors (Lipinski definition) is 3. The maximum absolute atomic E-state index is 9.01. The van der Waals surface area contributed by atoms with Crippen LogP contribution in [0.1, 0.15) is 25.7 Å². The summed E-state index contributed by atoms with van der Waals surface area (Å²) >= 11 is 0. The fraction of sp³-hybridized carbons (Fsp3) is 0.500. The average Bonchev–Trinajstić information content (AvgIpc) is 2.71. The highest BCUT2D eigenvalue weighted by molar-refractivity contribution is 6.58. The van der Waals surface area contributed by atoms with Gasteiger partial charge in [0, 0.05) is 12.2 Å². The van der Waals surface area contributed by atoms with Crippen LogP contribution in [-0.2, 0) is 0 Å². The van der Waals surface area contributed by atoms with Crippen LogP contribution in [0.2, 0.25) is 0 Å². The van der Waals surface area contributed by atoms with E-state index in [9.17, 15) is 0 Å². The minimum atomic E-state index is -1.42. The zero-order valence-electron chi connectivity index (χ0n) is 8.56. The Bertz CT molecular complexity index is 327. The molecular formula is C10H15BN2O2. The molecule has 0 aliphatic heterocycles. The molecule has 2 rings (SSSR count). The second-order valence-corrected chi connectivity index (χ2v) is 3.97. The van der Waals surface area contributed by atoms with Crippen molar-refractivity contribution in [3.8, 4) is 0 Å². The Balaban J connectivity index is 2.04. The Labute approximate surface area is 89.5 Å². The van der Waals surface area contributed by atoms with Gasteiger partial charge in [0.25, 0.3) is 0 Å². The van der Waals surface area contributed by atoms with Crippen molar-refractivity contribution in [2.75, 3.05) is 5.32 Å². The Morgan fingerprint density at radius 2 is 2.07 bits per heavy atom. The average molecular weight is 206 g/mol. The highest BCUT2D eigenvalue weighted by Gasteiger charge is 2.16. The number of hydrogen-bond acceptors (Lipinski definition) is 4. The molecule has 1 saturated carbocycles. The van der Waals surface area contributed by atoms with E-state index in [2.05, 4.69) is 10.3 Å². The van der Waals surface area contributed by atoms with Crippen molar-refractivity contribution in [3.05, 3.63) is 18.3 Å². The van der Waals surface area contributed by atoms with Crippen LogP contribution in [0.4, 0.5) is 5.82 Å². The SMILES string of the molecule is OB(O)c1ccnc(NC2CCCC2)c1. The fourth-order valence-electron chi connectivity index (χ4n) is 1.97. The standard InChI is InChI=1S/C10H15BN2O2/c14-11(15)8-5-6-12-10(7-8)13-9-3-1-2-4-9/h5-7,9,14-15H,1-4H2,(H,12,13). The summed E-state index contributed by atoms with van der Waals surface area (Å²) in [5.74, 6) is 0.729. The molecule has 3 N–H and O–H groups in total. The first-order valence-electron chi connectivity index (χ1n) is 5.34. The summed E-state index contributed by atoms with van der Waals surface area (Å²) in [4.78, 5) is 4.15. The second-order valence-electron chi connectivity index (χ2n) is 3.97. The van der Waals surface area contributed by atoms with E-state index in [1.807, 2.05) is 0 Å². The summed E-state index contributed by atoms with van der Waals surface area (Å²) in [7, 11) is -1.42. The summed E-state index contributed by atoms with van der Waals surface area (Å²) in [6.07, 6.45) is 6.47. The predicted octanol–water partition coefficient (Wildman–Crippen LogP) is 0.116. The molecule has 15 heavy (non-hydrogen) atoms. The Hall–Kier alpha value is -1.07. The first-order chi connectivity index (χ1) is 7.25. The summed E-state index contributed by atoms with van der Waals surface area (Å²) in [5.41, 5.74) is 0.477. The maximum atomic E-state index is 9.01. The minimum Gasteiger partial charge on any atom is -0.423 e. The molecule has 1 aliphatic carbocycles. The topological polar surface area (TPSA) is 65.4 Å². The Morgan fingerprint density at radius 3 is 2.73 bits per heavy atom. The normalized spacial score (nSPS) is 16.7. The number of aromatic nitrogens is 1. The van der Waals surface area contributed by atoms with Crippen molar-refractivity contribution >= 4 is 18.4 Å². The van der Waals surface area contributed by atoms with Gasteiger partial charge >= 0.3 is 7.12 Å². The maximum Gasteiger partial charge on any atom is 0.488 e. The summed E-state index contributed by atoms with van der Waals surface area (Å²) < 4.78 is 0. The van der Waals surface area contributed by atoms with Crippen molar-refractivity contribution in [2.24, 2.45) is 0 Å². The van der Waals surface area contributed by atoms with Crippen LogP contribution < -0.4 is 10.8 Å². The highest BCUT2D eigenvalue weighted by atomic mass is 16.4. The van der Waals surface area contributed by atoms with E-state index in [1.54, 1.807) is 18.3 Å². The number of pyridine rings is 1. The molecule has 1 aromatic heterocycles. The summed E-state index contributed by atoms with van der Waals surface area (Å²) in [6.45, 7) is 0. The third-order valence-electron chi connectivity index (χ3n) is 2.79. The molecule has 0 saturated heterocycles. The fourth-order valence-corrected chi connectivity index (χ4v) is 1.97. The minimum absolute atomic E-state index is 0.477. The third kappa shape index (κ3) is 2.70. The largest absolute Gasteiger partial charge is 0.488 e. The molecule has 0 amide bonds. The molecule has 1 fully saturated rings. The smallest absolute Gasteiger partial charge is 0.423 e. The van der Waals surface area contributed by atoms with Crippen LogP contribution in [0.25, 0.3) is 0 Å². The van der Waals surface area contributed by atoms with E-state index < -0.39 is 7.12 Å². The van der Waals surface area contributed by atoms with E-state index in [-0.39, 0.29) is 0 Å². The molecule has 5 heteroatoms. The summed E-state index contributed by atoms with van der Waals surface area (Å²) in [5, 5.41) is 21.3. The monoisotopic (exact) mass is 206 g/mol. The van der Waals surface area contributed by atoms with E-state index in [4.69, 9.17) is 10.0 Å². The number of anilines is 1. The molecule has 80 valence electrons. The first-order valence-corrected chi connectivity index (χ1v) is 5.34. The van der Waals surface area contributed by atoms with Gasteiger partial charge in [-0.1, -0.05) is 12.8 Å². The molecular weight excluding hydrogens is 191 g/mol. The van der Waals surface area contributed by atoms with Gasteiger partial charge in [-0.2, -0.15) is 0 Å². The lowest BCUT2D eigenvalue weighted by molar-refractivity contribution is 0.425. The van der Waals surface area contributed by atoms with Crippen molar-refractivity contribution in [1.82, 2.24) is 4.98 Å². The Kier molecular flexibility index (Phi) is 3.23. The van der Waals surface area contributed by atoms with Crippen LogP contribution in [0, 0.1) is 0 Å². The quantitative estimate of drug-likeness (QED) is 0.614. The van der Waals surface area contributed by atoms with Crippen molar-refractivity contribution in [1.29, 1.82) is 0 Å². The van der Waals surface area contributed by atoms with Crippen LogP contribution in [0.3, 0.4) is 0 Å². The van der Waals surface area contributed by atoms with Gasteiger partial charge in [0.15, 0.2) is 0 Å². The lowest BCUT2D eigenvalue weighted by Gasteiger charge is -2.12. The van der Waals surface area contributed by atoms with Gasteiger partial charge in [0.2, 0.25) is 0 Å². The van der Waals surface area contributed by atoms with Gasteiger partial charge in [-0.05, 0) is 30.4 Å². The zero-order valence-corrected chi connectivity index (χ0v) is 8.56. The molecule has 1 aromatic rings. The second kappa shape index (κ2) is 4.64. The van der Waals surface area contributed by atoms with Crippen molar-refractivity contribution in [2.45, 2.75) is 31.7 Å². The molecule has 1 heterocycles. The Morgan fingerprint density at radius 1 is 1.33 bits per heavy atom. The van der Waals surface area contributed by atoms with E-state index in [1.165, 1.54) is 25.7 Å². The van der Waals surface area contributed by atoms with Crippen LogP contribution >= 0.6 is 0 Å². The van der Waals surface area contributed by atoms with E-state index in [0.717, 1.165) is 5.82 Å². The van der Waals surface area contributed by atoms with E-state index >= 15 is 0 Å². The molecule has 0 radical (unpaired) electrons. The molecule has 4 nitrogen and oxygen atoms in total. The van der Waals surface area contributed by atoms with E-state index in [0.29, 0.717) is 11.5 Å². The first kappa shape index (κ1) is 10.5. The zero-order chi connectivity index (χ0) is 10.7. The molecule has 0 spiro atoms. The predicted molar refractivity (Wildman–Crippen MR) is 59.9 cm³/mol. The summed E-state index contributed by atoms with van der Waals surface area (Å²) in [6, 6.07) is 3.77. The van der Waals surface area contributed by atoms with Gasteiger partial charge < -0.3 is 15.4 Å². The van der Waals surface area contributed by atoms with Crippen LogP contribution in [0.15, 0.2) is 18.3 Å². The highest BCUT2D eigenvalue weighted by Crippen LogP contribution is 2.20. The number of nitrogens with zero attached hydrogens (tertiary/aromatic N) is 1. The lowest BCUT2D eigenvalue weighted by Crippen LogP contribution is -2.30. The number of nitrogens with one attached hydrogen (secondary N) is 1. The molecule has 0 bridgehead atoms.